The highest BCUT2D eigenvalue weighted by Gasteiger charge is 2.08. The molecule has 0 unspecified atom stereocenters. The Morgan fingerprint density at radius 2 is 2.14 bits per heavy atom. The Morgan fingerprint density at radius 1 is 1.43 bits per heavy atom. The SMILES string of the molecule is CCOc1c(Br)cc(/C=N\NC(=O)c2ccco2)cc1Br. The highest BCUT2D eigenvalue weighted by molar-refractivity contribution is 9.11. The second-order valence-electron chi connectivity index (χ2n) is 3.92. The van der Waals surface area contributed by atoms with Gasteiger partial charge >= 0.3 is 5.91 Å². The Morgan fingerprint density at radius 3 is 2.71 bits per heavy atom. The van der Waals surface area contributed by atoms with E-state index in [1.165, 1.54) is 12.5 Å². The maximum Gasteiger partial charge on any atom is 0.307 e. The van der Waals surface area contributed by atoms with Gasteiger partial charge in [0, 0.05) is 0 Å². The minimum atomic E-state index is -0.402. The minimum Gasteiger partial charge on any atom is -0.492 e. The summed E-state index contributed by atoms with van der Waals surface area (Å²) in [7, 11) is 0. The first kappa shape index (κ1) is 15.8. The summed E-state index contributed by atoms with van der Waals surface area (Å²) >= 11 is 6.86. The van der Waals surface area contributed by atoms with Crippen LogP contribution in [-0.2, 0) is 0 Å². The van der Waals surface area contributed by atoms with Gasteiger partial charge in [0.05, 0.1) is 28.0 Å². The summed E-state index contributed by atoms with van der Waals surface area (Å²) in [5.74, 6) is 0.538. The number of hydrogen-bond acceptors (Lipinski definition) is 4. The van der Waals surface area contributed by atoms with E-state index in [9.17, 15) is 4.79 Å². The van der Waals surface area contributed by atoms with Crippen LogP contribution in [0, 0.1) is 0 Å². The standard InChI is InChI=1S/C14H12Br2N2O3/c1-2-20-13-10(15)6-9(7-11(13)16)8-17-18-14(19)12-4-3-5-21-12/h3-8H,2H2,1H3,(H,18,19)/b17-8-. The molecule has 1 amide bonds. The van der Waals surface area contributed by atoms with Gasteiger partial charge in [0.1, 0.15) is 5.75 Å². The lowest BCUT2D eigenvalue weighted by Gasteiger charge is -2.09. The normalized spacial score (nSPS) is 10.8. The summed E-state index contributed by atoms with van der Waals surface area (Å²) in [6, 6.07) is 6.89. The average Bonchev–Trinajstić information content (AvgIpc) is 2.97. The average molecular weight is 416 g/mol. The lowest BCUT2D eigenvalue weighted by Crippen LogP contribution is -2.16. The van der Waals surface area contributed by atoms with Crippen molar-refractivity contribution in [2.24, 2.45) is 5.10 Å². The maximum absolute atomic E-state index is 11.6. The lowest BCUT2D eigenvalue weighted by molar-refractivity contribution is 0.0927. The molecule has 0 aliphatic carbocycles. The Balaban J connectivity index is 2.06. The Kier molecular flexibility index (Phi) is 5.58. The summed E-state index contributed by atoms with van der Waals surface area (Å²) in [5, 5.41) is 3.89. The van der Waals surface area contributed by atoms with Crippen LogP contribution in [0.1, 0.15) is 23.0 Å². The first-order chi connectivity index (χ1) is 10.1. The number of furan rings is 1. The second-order valence-corrected chi connectivity index (χ2v) is 5.63. The van der Waals surface area contributed by atoms with E-state index in [-0.39, 0.29) is 5.76 Å². The molecule has 21 heavy (non-hydrogen) atoms. The summed E-state index contributed by atoms with van der Waals surface area (Å²) in [6.45, 7) is 2.49. The molecule has 0 aliphatic rings. The van der Waals surface area contributed by atoms with E-state index >= 15 is 0 Å². The number of halogens is 2. The van der Waals surface area contributed by atoms with E-state index < -0.39 is 5.91 Å². The van der Waals surface area contributed by atoms with Gasteiger partial charge in [-0.2, -0.15) is 5.10 Å². The Bertz CT molecular complexity index is 631. The first-order valence-corrected chi connectivity index (χ1v) is 7.69. The number of carbonyl (C=O) groups excluding carboxylic acids is 1. The molecule has 0 bridgehead atoms. The molecular formula is C14H12Br2N2O3. The molecule has 2 rings (SSSR count). The molecule has 1 aromatic carbocycles. The van der Waals surface area contributed by atoms with Crippen LogP contribution in [0.15, 0.2) is 49.0 Å². The van der Waals surface area contributed by atoms with Gasteiger partial charge in [-0.15, -0.1) is 0 Å². The zero-order valence-electron chi connectivity index (χ0n) is 11.1. The van der Waals surface area contributed by atoms with Crippen molar-refractivity contribution in [3.05, 3.63) is 50.8 Å². The van der Waals surface area contributed by atoms with Crippen molar-refractivity contribution in [1.82, 2.24) is 5.43 Å². The smallest absolute Gasteiger partial charge is 0.307 e. The number of amides is 1. The number of nitrogens with one attached hydrogen (secondary N) is 1. The van der Waals surface area contributed by atoms with Crippen LogP contribution in [0.2, 0.25) is 0 Å². The highest BCUT2D eigenvalue weighted by atomic mass is 79.9. The molecule has 110 valence electrons. The molecule has 1 aromatic heterocycles. The molecule has 0 atom stereocenters. The Labute approximate surface area is 138 Å². The topological polar surface area (TPSA) is 63.8 Å². The minimum absolute atomic E-state index is 0.209. The molecule has 0 aliphatic heterocycles. The number of hydrogen-bond donors (Lipinski definition) is 1. The van der Waals surface area contributed by atoms with Crippen molar-refractivity contribution in [3.8, 4) is 5.75 Å². The second kappa shape index (κ2) is 7.42. The zero-order valence-corrected chi connectivity index (χ0v) is 14.3. The van der Waals surface area contributed by atoms with E-state index in [1.54, 1.807) is 12.1 Å². The largest absolute Gasteiger partial charge is 0.492 e. The van der Waals surface area contributed by atoms with Crippen LogP contribution in [0.5, 0.6) is 5.75 Å². The van der Waals surface area contributed by atoms with Crippen molar-refractivity contribution in [1.29, 1.82) is 0 Å². The quantitative estimate of drug-likeness (QED) is 0.593. The Hall–Kier alpha value is -1.60. The molecular weight excluding hydrogens is 404 g/mol. The van der Waals surface area contributed by atoms with Crippen LogP contribution in [0.4, 0.5) is 0 Å². The third-order valence-corrected chi connectivity index (χ3v) is 3.61. The summed E-state index contributed by atoms with van der Waals surface area (Å²) in [4.78, 5) is 11.6. The van der Waals surface area contributed by atoms with Crippen LogP contribution in [-0.4, -0.2) is 18.7 Å². The first-order valence-electron chi connectivity index (χ1n) is 6.10. The monoisotopic (exact) mass is 414 g/mol. The predicted molar refractivity (Wildman–Crippen MR) is 86.8 cm³/mol. The number of ether oxygens (including phenoxy) is 1. The van der Waals surface area contributed by atoms with E-state index in [2.05, 4.69) is 42.4 Å². The van der Waals surface area contributed by atoms with Gasteiger partial charge in [-0.1, -0.05) is 0 Å². The van der Waals surface area contributed by atoms with Crippen molar-refractivity contribution >= 4 is 44.0 Å². The third-order valence-electron chi connectivity index (χ3n) is 2.43. The highest BCUT2D eigenvalue weighted by Crippen LogP contribution is 2.34. The van der Waals surface area contributed by atoms with Gasteiger partial charge in [-0.25, -0.2) is 5.43 Å². The number of rotatable bonds is 5. The maximum atomic E-state index is 11.6. The number of benzene rings is 1. The van der Waals surface area contributed by atoms with Gasteiger partial charge in [-0.3, -0.25) is 4.79 Å². The fourth-order valence-corrected chi connectivity index (χ4v) is 3.02. The van der Waals surface area contributed by atoms with Crippen molar-refractivity contribution in [2.75, 3.05) is 6.61 Å². The van der Waals surface area contributed by atoms with Crippen molar-refractivity contribution in [3.63, 3.8) is 0 Å². The van der Waals surface area contributed by atoms with E-state index in [1.807, 2.05) is 19.1 Å². The fraction of sp³-hybridized carbons (Fsp3) is 0.143. The van der Waals surface area contributed by atoms with Crippen LogP contribution < -0.4 is 10.2 Å². The zero-order chi connectivity index (χ0) is 15.2. The van der Waals surface area contributed by atoms with Crippen molar-refractivity contribution in [2.45, 2.75) is 6.92 Å². The van der Waals surface area contributed by atoms with E-state index in [4.69, 9.17) is 9.15 Å². The summed E-state index contributed by atoms with van der Waals surface area (Å²) < 4.78 is 12.1. The van der Waals surface area contributed by atoms with E-state index in [0.29, 0.717) is 6.61 Å². The molecule has 5 nitrogen and oxygen atoms in total. The van der Waals surface area contributed by atoms with Gasteiger partial charge in [0.2, 0.25) is 0 Å². The van der Waals surface area contributed by atoms with Gasteiger partial charge in [-0.05, 0) is 68.6 Å². The molecule has 0 radical (unpaired) electrons. The fourth-order valence-electron chi connectivity index (χ4n) is 1.56. The van der Waals surface area contributed by atoms with Gasteiger partial charge in [0.15, 0.2) is 5.76 Å². The molecule has 0 fully saturated rings. The summed E-state index contributed by atoms with van der Waals surface area (Å²) in [5.41, 5.74) is 3.19. The van der Waals surface area contributed by atoms with Crippen LogP contribution in [0.3, 0.4) is 0 Å². The molecule has 2 aromatic rings. The number of carbonyl (C=O) groups is 1. The summed E-state index contributed by atoms with van der Waals surface area (Å²) in [6.07, 6.45) is 2.96. The van der Waals surface area contributed by atoms with Gasteiger partial charge < -0.3 is 9.15 Å². The third kappa shape index (κ3) is 4.18. The van der Waals surface area contributed by atoms with Crippen LogP contribution in [0.25, 0.3) is 0 Å². The van der Waals surface area contributed by atoms with Crippen molar-refractivity contribution < 1.29 is 13.9 Å². The molecule has 0 spiro atoms. The van der Waals surface area contributed by atoms with E-state index in [0.717, 1.165) is 20.3 Å². The molecule has 1 N–H and O–H groups in total. The molecule has 0 saturated heterocycles. The molecule has 7 heteroatoms. The lowest BCUT2D eigenvalue weighted by atomic mass is 10.2. The predicted octanol–water partition coefficient (Wildman–Crippen LogP) is 3.97. The molecule has 0 saturated carbocycles. The molecule has 1 heterocycles. The van der Waals surface area contributed by atoms with Crippen LogP contribution >= 0.6 is 31.9 Å². The number of nitrogens with zero attached hydrogens (tertiary/aromatic N) is 1. The van der Waals surface area contributed by atoms with Gasteiger partial charge in [0.25, 0.3) is 0 Å². The number of hydrazone groups is 1.